The van der Waals surface area contributed by atoms with E-state index in [1.54, 1.807) is 0 Å². The number of rotatable bonds is 3. The molecule has 0 amide bonds. The van der Waals surface area contributed by atoms with E-state index in [2.05, 4.69) is 10.9 Å². The van der Waals surface area contributed by atoms with Crippen molar-refractivity contribution in [1.82, 2.24) is 0 Å². The predicted octanol–water partition coefficient (Wildman–Crippen LogP) is 2.72. The topological polar surface area (TPSA) is 28.1 Å². The van der Waals surface area contributed by atoms with E-state index in [9.17, 15) is 0 Å². The van der Waals surface area contributed by atoms with Crippen LogP contribution in [0.25, 0.3) is 4.85 Å². The molecule has 0 fully saturated rings. The summed E-state index contributed by atoms with van der Waals surface area (Å²) in [6.07, 6.45) is 0.452. The molecule has 0 heterocycles. The SMILES string of the molecule is [C-]#[N+]CSc1ccc(CC#N)cc1. The average Bonchev–Trinajstić information content (AvgIpc) is 2.17. The van der Waals surface area contributed by atoms with Crippen molar-refractivity contribution >= 4 is 11.8 Å². The zero-order chi connectivity index (χ0) is 9.52. The summed E-state index contributed by atoms with van der Waals surface area (Å²) in [6, 6.07) is 9.84. The Morgan fingerprint density at radius 2 is 2.08 bits per heavy atom. The zero-order valence-electron chi connectivity index (χ0n) is 7.03. The van der Waals surface area contributed by atoms with Crippen molar-refractivity contribution < 1.29 is 0 Å². The van der Waals surface area contributed by atoms with Gasteiger partial charge in [-0.25, -0.2) is 6.57 Å². The van der Waals surface area contributed by atoms with E-state index in [0.717, 1.165) is 10.5 Å². The lowest BCUT2D eigenvalue weighted by Crippen LogP contribution is -1.80. The van der Waals surface area contributed by atoms with Gasteiger partial charge in [0, 0.05) is 4.90 Å². The molecule has 0 bridgehead atoms. The smallest absolute Gasteiger partial charge is 0.264 e. The summed E-state index contributed by atoms with van der Waals surface area (Å²) in [4.78, 5) is 4.33. The highest BCUT2D eigenvalue weighted by molar-refractivity contribution is 7.99. The van der Waals surface area contributed by atoms with E-state index < -0.39 is 0 Å². The molecule has 0 unspecified atom stereocenters. The van der Waals surface area contributed by atoms with E-state index >= 15 is 0 Å². The van der Waals surface area contributed by atoms with Crippen molar-refractivity contribution in [2.45, 2.75) is 11.3 Å². The molecule has 0 aromatic heterocycles. The lowest BCUT2D eigenvalue weighted by Gasteiger charge is -1.96. The first-order valence-corrected chi connectivity index (χ1v) is 4.77. The minimum Gasteiger partial charge on any atom is -0.305 e. The van der Waals surface area contributed by atoms with Crippen molar-refractivity contribution in [2.75, 3.05) is 5.88 Å². The Kier molecular flexibility index (Phi) is 3.88. The van der Waals surface area contributed by atoms with Gasteiger partial charge < -0.3 is 4.85 Å². The molecule has 1 aromatic rings. The number of nitrogens with zero attached hydrogens (tertiary/aromatic N) is 2. The van der Waals surface area contributed by atoms with E-state index in [4.69, 9.17) is 11.8 Å². The third-order valence-electron chi connectivity index (χ3n) is 1.50. The number of hydrogen-bond acceptors (Lipinski definition) is 2. The Hall–Kier alpha value is -1.45. The molecule has 13 heavy (non-hydrogen) atoms. The van der Waals surface area contributed by atoms with Gasteiger partial charge in [0.15, 0.2) is 0 Å². The third-order valence-corrected chi connectivity index (χ3v) is 2.37. The molecular formula is C10H8N2S. The summed E-state index contributed by atoms with van der Waals surface area (Å²) in [6.45, 7) is 6.62. The molecule has 1 aromatic carbocycles. The third kappa shape index (κ3) is 3.19. The van der Waals surface area contributed by atoms with Gasteiger partial charge in [-0.1, -0.05) is 12.1 Å². The van der Waals surface area contributed by atoms with Crippen LogP contribution in [0.2, 0.25) is 0 Å². The van der Waals surface area contributed by atoms with Crippen molar-refractivity contribution in [2.24, 2.45) is 0 Å². The largest absolute Gasteiger partial charge is 0.305 e. The zero-order valence-corrected chi connectivity index (χ0v) is 7.84. The lowest BCUT2D eigenvalue weighted by atomic mass is 10.2. The molecule has 2 nitrogen and oxygen atoms in total. The molecule has 64 valence electrons. The normalized spacial score (nSPS) is 8.77. The number of thioether (sulfide) groups is 1. The van der Waals surface area contributed by atoms with Gasteiger partial charge in [-0.2, -0.15) is 5.26 Å². The Labute approximate surface area is 82.0 Å². The van der Waals surface area contributed by atoms with E-state index in [1.807, 2.05) is 24.3 Å². The van der Waals surface area contributed by atoms with Crippen molar-refractivity contribution in [3.05, 3.63) is 41.2 Å². The second kappa shape index (κ2) is 5.24. The number of hydrogen-bond donors (Lipinski definition) is 0. The minimum absolute atomic E-state index is 0.452. The van der Waals surface area contributed by atoms with Crippen LogP contribution in [0.5, 0.6) is 0 Å². The van der Waals surface area contributed by atoms with Gasteiger partial charge in [0.1, 0.15) is 0 Å². The molecule has 3 heteroatoms. The fourth-order valence-electron chi connectivity index (χ4n) is 0.902. The molecule has 0 N–H and O–H groups in total. The van der Waals surface area contributed by atoms with Crippen LogP contribution in [0.4, 0.5) is 0 Å². The van der Waals surface area contributed by atoms with Gasteiger partial charge in [-0.15, -0.1) is 0 Å². The summed E-state index contributed by atoms with van der Waals surface area (Å²) < 4.78 is 0. The molecule has 0 aliphatic heterocycles. The number of benzene rings is 1. The second-order valence-corrected chi connectivity index (χ2v) is 3.43. The van der Waals surface area contributed by atoms with Crippen LogP contribution in [0.1, 0.15) is 5.56 Å². The molecule has 0 atom stereocenters. The van der Waals surface area contributed by atoms with Crippen molar-refractivity contribution in [1.29, 1.82) is 5.26 Å². The predicted molar refractivity (Wildman–Crippen MR) is 53.1 cm³/mol. The maximum Gasteiger partial charge on any atom is 0.264 e. The highest BCUT2D eigenvalue weighted by Gasteiger charge is 1.95. The average molecular weight is 188 g/mol. The van der Waals surface area contributed by atoms with Crippen molar-refractivity contribution in [3.8, 4) is 6.07 Å². The lowest BCUT2D eigenvalue weighted by molar-refractivity contribution is 1.24. The Bertz CT molecular complexity index is 343. The first-order chi connectivity index (χ1) is 6.36. The maximum absolute atomic E-state index is 8.44. The van der Waals surface area contributed by atoms with Crippen LogP contribution < -0.4 is 0 Å². The van der Waals surface area contributed by atoms with Crippen LogP contribution in [0, 0.1) is 17.9 Å². The Balaban J connectivity index is 2.61. The van der Waals surface area contributed by atoms with E-state index in [1.165, 1.54) is 11.8 Å². The monoisotopic (exact) mass is 188 g/mol. The molecule has 0 radical (unpaired) electrons. The minimum atomic E-state index is 0.452. The first-order valence-electron chi connectivity index (χ1n) is 3.78. The Morgan fingerprint density at radius 1 is 1.38 bits per heavy atom. The van der Waals surface area contributed by atoms with Crippen LogP contribution in [-0.4, -0.2) is 5.88 Å². The quantitative estimate of drug-likeness (QED) is 0.539. The highest BCUT2D eigenvalue weighted by Crippen LogP contribution is 2.18. The van der Waals surface area contributed by atoms with Crippen molar-refractivity contribution in [3.63, 3.8) is 0 Å². The van der Waals surface area contributed by atoms with Crippen LogP contribution in [0.15, 0.2) is 29.2 Å². The molecule has 0 spiro atoms. The molecule has 0 saturated carbocycles. The van der Waals surface area contributed by atoms with Gasteiger partial charge in [-0.3, -0.25) is 0 Å². The molecule has 0 aliphatic carbocycles. The standard InChI is InChI=1S/C10H8N2S/c1-12-8-13-10-4-2-9(3-5-10)6-7-11/h2-5H,6,8H2. The fraction of sp³-hybridized carbons (Fsp3) is 0.200. The second-order valence-electron chi connectivity index (χ2n) is 2.41. The van der Waals surface area contributed by atoms with E-state index in [-0.39, 0.29) is 0 Å². The highest BCUT2D eigenvalue weighted by atomic mass is 32.2. The summed E-state index contributed by atoms with van der Waals surface area (Å²) in [7, 11) is 0. The maximum atomic E-state index is 8.44. The van der Waals surface area contributed by atoms with Crippen LogP contribution >= 0.6 is 11.8 Å². The molecule has 1 rings (SSSR count). The molecular weight excluding hydrogens is 180 g/mol. The van der Waals surface area contributed by atoms with E-state index in [0.29, 0.717) is 12.3 Å². The van der Waals surface area contributed by atoms with Crippen LogP contribution in [0.3, 0.4) is 0 Å². The van der Waals surface area contributed by atoms with Gasteiger partial charge in [-0.05, 0) is 29.5 Å². The summed E-state index contributed by atoms with van der Waals surface area (Å²) in [5.41, 5.74) is 1.02. The number of nitriles is 1. The molecule has 0 saturated heterocycles. The fourth-order valence-corrected chi connectivity index (χ4v) is 1.44. The van der Waals surface area contributed by atoms with Gasteiger partial charge in [0.2, 0.25) is 0 Å². The van der Waals surface area contributed by atoms with Gasteiger partial charge in [0.25, 0.3) is 5.88 Å². The summed E-state index contributed by atoms with van der Waals surface area (Å²) in [5.74, 6) is 0.456. The first kappa shape index (κ1) is 9.64. The summed E-state index contributed by atoms with van der Waals surface area (Å²) >= 11 is 1.51. The molecule has 0 aliphatic rings. The van der Waals surface area contributed by atoms with Gasteiger partial charge >= 0.3 is 0 Å². The van der Waals surface area contributed by atoms with Gasteiger partial charge in [0.05, 0.1) is 12.5 Å². The van der Waals surface area contributed by atoms with Crippen LogP contribution in [-0.2, 0) is 6.42 Å². The Morgan fingerprint density at radius 3 is 2.62 bits per heavy atom. The summed E-state index contributed by atoms with van der Waals surface area (Å²) in [5, 5.41) is 8.44.